The first-order valence-electron chi connectivity index (χ1n) is 5.44. The fraction of sp³-hybridized carbons (Fsp3) is 0.538. The van der Waals surface area contributed by atoms with Gasteiger partial charge in [0.1, 0.15) is 5.75 Å². The summed E-state index contributed by atoms with van der Waals surface area (Å²) in [7, 11) is 0. The second-order valence-corrected chi connectivity index (χ2v) is 3.85. The van der Waals surface area contributed by atoms with Crippen molar-refractivity contribution in [1.82, 2.24) is 0 Å². The maximum Gasteiger partial charge on any atom is 0.119 e. The number of hydrogen-bond donors (Lipinski definition) is 0. The molecule has 0 heterocycles. The van der Waals surface area contributed by atoms with Crippen LogP contribution in [-0.2, 0) is 6.42 Å². The monoisotopic (exact) mass is 192 g/mol. The largest absolute Gasteiger partial charge is 0.494 e. The minimum absolute atomic E-state index is 0.570. The molecule has 0 saturated carbocycles. The van der Waals surface area contributed by atoms with Crippen molar-refractivity contribution < 1.29 is 4.74 Å². The van der Waals surface area contributed by atoms with Gasteiger partial charge in [0.2, 0.25) is 0 Å². The molecule has 1 aromatic carbocycles. The smallest absolute Gasteiger partial charge is 0.119 e. The molecule has 0 fully saturated rings. The predicted molar refractivity (Wildman–Crippen MR) is 61.1 cm³/mol. The minimum atomic E-state index is 0.570. The Hall–Kier alpha value is -0.980. The van der Waals surface area contributed by atoms with E-state index in [1.165, 1.54) is 11.1 Å². The van der Waals surface area contributed by atoms with Crippen LogP contribution in [0.5, 0.6) is 5.75 Å². The fourth-order valence-corrected chi connectivity index (χ4v) is 1.47. The van der Waals surface area contributed by atoms with Gasteiger partial charge in [-0.15, -0.1) is 0 Å². The van der Waals surface area contributed by atoms with Crippen molar-refractivity contribution in [3.8, 4) is 5.75 Å². The van der Waals surface area contributed by atoms with E-state index in [0.29, 0.717) is 5.92 Å². The normalized spacial score (nSPS) is 10.6. The average Bonchev–Trinajstić information content (AvgIpc) is 2.17. The molecule has 0 amide bonds. The van der Waals surface area contributed by atoms with E-state index < -0.39 is 0 Å². The second kappa shape index (κ2) is 5.04. The van der Waals surface area contributed by atoms with Gasteiger partial charge in [-0.2, -0.15) is 0 Å². The van der Waals surface area contributed by atoms with Crippen molar-refractivity contribution in [3.05, 3.63) is 29.3 Å². The Kier molecular flexibility index (Phi) is 3.99. The maximum absolute atomic E-state index is 5.54. The van der Waals surface area contributed by atoms with Crippen molar-refractivity contribution in [2.24, 2.45) is 0 Å². The van der Waals surface area contributed by atoms with Crippen LogP contribution < -0.4 is 4.74 Å². The molecule has 0 aliphatic rings. The number of aryl methyl sites for hydroxylation is 1. The molecule has 0 N–H and O–H groups in total. The molecule has 0 saturated heterocycles. The van der Waals surface area contributed by atoms with E-state index in [1.807, 2.05) is 6.92 Å². The Bertz CT molecular complexity index is 289. The van der Waals surface area contributed by atoms with Crippen molar-refractivity contribution in [2.45, 2.75) is 40.0 Å². The first-order chi connectivity index (χ1) is 6.67. The molecule has 1 aromatic rings. The zero-order valence-electron chi connectivity index (χ0n) is 9.63. The van der Waals surface area contributed by atoms with Crippen LogP contribution in [0.2, 0.25) is 0 Å². The van der Waals surface area contributed by atoms with Crippen LogP contribution >= 0.6 is 0 Å². The van der Waals surface area contributed by atoms with Gasteiger partial charge in [-0.25, -0.2) is 0 Å². The molecular formula is C13H20O. The number of hydrogen-bond acceptors (Lipinski definition) is 1. The molecule has 14 heavy (non-hydrogen) atoms. The van der Waals surface area contributed by atoms with E-state index in [0.717, 1.165) is 18.8 Å². The zero-order valence-corrected chi connectivity index (χ0v) is 9.63. The first-order valence-corrected chi connectivity index (χ1v) is 5.44. The Morgan fingerprint density at radius 3 is 2.36 bits per heavy atom. The molecule has 0 radical (unpaired) electrons. The molecule has 0 aliphatic carbocycles. The summed E-state index contributed by atoms with van der Waals surface area (Å²) >= 11 is 0. The standard InChI is InChI=1S/C13H20O/c1-5-11-7-12(10(3)4)9-13(8-11)14-6-2/h7-10H,5-6H2,1-4H3. The summed E-state index contributed by atoms with van der Waals surface area (Å²) in [6.07, 6.45) is 1.07. The molecule has 0 bridgehead atoms. The van der Waals surface area contributed by atoms with Gasteiger partial charge in [-0.3, -0.25) is 0 Å². The summed E-state index contributed by atoms with van der Waals surface area (Å²) in [6, 6.07) is 6.55. The van der Waals surface area contributed by atoms with Crippen LogP contribution in [0.1, 0.15) is 44.7 Å². The third-order valence-corrected chi connectivity index (χ3v) is 2.37. The van der Waals surface area contributed by atoms with Crippen LogP contribution in [0, 0.1) is 0 Å². The minimum Gasteiger partial charge on any atom is -0.494 e. The van der Waals surface area contributed by atoms with Gasteiger partial charge in [0, 0.05) is 0 Å². The average molecular weight is 192 g/mol. The fourth-order valence-electron chi connectivity index (χ4n) is 1.47. The van der Waals surface area contributed by atoms with Crippen LogP contribution in [0.3, 0.4) is 0 Å². The zero-order chi connectivity index (χ0) is 10.6. The van der Waals surface area contributed by atoms with Gasteiger partial charge in [0.25, 0.3) is 0 Å². The number of rotatable bonds is 4. The van der Waals surface area contributed by atoms with Gasteiger partial charge in [-0.05, 0) is 42.5 Å². The van der Waals surface area contributed by atoms with E-state index >= 15 is 0 Å². The summed E-state index contributed by atoms with van der Waals surface area (Å²) in [5.74, 6) is 1.58. The van der Waals surface area contributed by atoms with Gasteiger partial charge >= 0.3 is 0 Å². The molecule has 0 unspecified atom stereocenters. The second-order valence-electron chi connectivity index (χ2n) is 3.85. The summed E-state index contributed by atoms with van der Waals surface area (Å²) in [5, 5.41) is 0. The highest BCUT2D eigenvalue weighted by Gasteiger charge is 2.03. The third kappa shape index (κ3) is 2.76. The molecule has 78 valence electrons. The first kappa shape index (κ1) is 11.1. The molecule has 1 heteroatoms. The molecule has 0 aromatic heterocycles. The van der Waals surface area contributed by atoms with Crippen molar-refractivity contribution >= 4 is 0 Å². The number of benzene rings is 1. The molecule has 1 rings (SSSR count). The lowest BCUT2D eigenvalue weighted by molar-refractivity contribution is 0.339. The lowest BCUT2D eigenvalue weighted by Gasteiger charge is -2.11. The third-order valence-electron chi connectivity index (χ3n) is 2.37. The predicted octanol–water partition coefficient (Wildman–Crippen LogP) is 3.77. The lowest BCUT2D eigenvalue weighted by atomic mass is 9.99. The topological polar surface area (TPSA) is 9.23 Å². The van der Waals surface area contributed by atoms with E-state index in [4.69, 9.17) is 4.74 Å². The summed E-state index contributed by atoms with van der Waals surface area (Å²) in [5.41, 5.74) is 2.73. The summed E-state index contributed by atoms with van der Waals surface area (Å²) in [6.45, 7) is 9.36. The van der Waals surface area contributed by atoms with Crippen LogP contribution in [-0.4, -0.2) is 6.61 Å². The Labute approximate surface area is 87.1 Å². The van der Waals surface area contributed by atoms with Crippen LogP contribution in [0.4, 0.5) is 0 Å². The Balaban J connectivity index is 3.00. The van der Waals surface area contributed by atoms with E-state index in [1.54, 1.807) is 0 Å². The van der Waals surface area contributed by atoms with Gasteiger partial charge in [-0.1, -0.05) is 26.8 Å². The lowest BCUT2D eigenvalue weighted by Crippen LogP contribution is -1.96. The molecule has 1 nitrogen and oxygen atoms in total. The van der Waals surface area contributed by atoms with Gasteiger partial charge in [0.05, 0.1) is 6.61 Å². The molecular weight excluding hydrogens is 172 g/mol. The van der Waals surface area contributed by atoms with E-state index in [9.17, 15) is 0 Å². The highest BCUT2D eigenvalue weighted by Crippen LogP contribution is 2.23. The van der Waals surface area contributed by atoms with Crippen molar-refractivity contribution in [3.63, 3.8) is 0 Å². The summed E-state index contributed by atoms with van der Waals surface area (Å²) in [4.78, 5) is 0. The van der Waals surface area contributed by atoms with Crippen molar-refractivity contribution in [1.29, 1.82) is 0 Å². The Morgan fingerprint density at radius 2 is 1.86 bits per heavy atom. The van der Waals surface area contributed by atoms with Crippen molar-refractivity contribution in [2.75, 3.05) is 6.61 Å². The Morgan fingerprint density at radius 1 is 1.14 bits per heavy atom. The van der Waals surface area contributed by atoms with E-state index in [2.05, 4.69) is 39.0 Å². The molecule has 0 aliphatic heterocycles. The van der Waals surface area contributed by atoms with Gasteiger partial charge < -0.3 is 4.74 Å². The highest BCUT2D eigenvalue weighted by atomic mass is 16.5. The number of ether oxygens (including phenoxy) is 1. The summed E-state index contributed by atoms with van der Waals surface area (Å²) < 4.78 is 5.54. The van der Waals surface area contributed by atoms with Crippen LogP contribution in [0.25, 0.3) is 0 Å². The van der Waals surface area contributed by atoms with E-state index in [-0.39, 0.29) is 0 Å². The van der Waals surface area contributed by atoms with Crippen LogP contribution in [0.15, 0.2) is 18.2 Å². The SMILES string of the molecule is CCOc1cc(CC)cc(C(C)C)c1. The molecule has 0 spiro atoms. The molecule has 0 atom stereocenters. The maximum atomic E-state index is 5.54. The highest BCUT2D eigenvalue weighted by molar-refractivity contribution is 5.36. The quantitative estimate of drug-likeness (QED) is 0.705. The van der Waals surface area contributed by atoms with Gasteiger partial charge in [0.15, 0.2) is 0 Å².